The van der Waals surface area contributed by atoms with Gasteiger partial charge in [0.05, 0.1) is 0 Å². The summed E-state index contributed by atoms with van der Waals surface area (Å²) in [6, 6.07) is 0. The first kappa shape index (κ1) is 27.7. The molecule has 0 aliphatic heterocycles. The van der Waals surface area contributed by atoms with Gasteiger partial charge in [-0.3, -0.25) is 4.79 Å². The highest BCUT2D eigenvalue weighted by Gasteiger charge is 2.62. The number of aliphatic hydroxyl groups is 1. The minimum absolute atomic E-state index is 0.125. The molecule has 31 heavy (non-hydrogen) atoms. The second-order valence-corrected chi connectivity index (χ2v) is 10.5. The van der Waals surface area contributed by atoms with E-state index < -0.39 is 0 Å². The molecule has 2 fully saturated rings. The number of ether oxygens (including phenoxy) is 1. The molecule has 0 amide bonds. The second kappa shape index (κ2) is 12.6. The van der Waals surface area contributed by atoms with Crippen molar-refractivity contribution >= 4 is 5.97 Å². The summed E-state index contributed by atoms with van der Waals surface area (Å²) in [4.78, 5) is 11.0. The Bertz CT molecular complexity index is 664. The summed E-state index contributed by atoms with van der Waals surface area (Å²) in [7, 11) is 0. The lowest BCUT2D eigenvalue weighted by Crippen LogP contribution is -2.37. The third-order valence-electron chi connectivity index (χ3n) is 7.95. The van der Waals surface area contributed by atoms with E-state index in [9.17, 15) is 4.79 Å². The van der Waals surface area contributed by atoms with Gasteiger partial charge in [0.25, 0.3) is 0 Å². The molecule has 2 saturated carbocycles. The molecule has 2 bridgehead atoms. The minimum Gasteiger partial charge on any atom is -0.462 e. The zero-order valence-corrected chi connectivity index (χ0v) is 21.5. The second-order valence-electron chi connectivity index (χ2n) is 10.5. The van der Waals surface area contributed by atoms with Gasteiger partial charge in [-0.05, 0) is 83.5 Å². The van der Waals surface area contributed by atoms with Crippen molar-refractivity contribution in [1.82, 2.24) is 0 Å². The highest BCUT2D eigenvalue weighted by atomic mass is 16.5. The number of hydrogen-bond donors (Lipinski definition) is 1. The van der Waals surface area contributed by atoms with Crippen LogP contribution in [0.3, 0.4) is 0 Å². The van der Waals surface area contributed by atoms with Crippen LogP contribution in [0.4, 0.5) is 0 Å². The molecular weight excluding hydrogens is 384 g/mol. The summed E-state index contributed by atoms with van der Waals surface area (Å²) in [6.07, 6.45) is 15.8. The summed E-state index contributed by atoms with van der Waals surface area (Å²) in [5.74, 6) is 0.622. The predicted octanol–water partition coefficient (Wildman–Crippen LogP) is 7.55. The molecule has 3 nitrogen and oxygen atoms in total. The molecule has 3 heteroatoms. The van der Waals surface area contributed by atoms with Crippen molar-refractivity contribution in [3.8, 4) is 0 Å². The van der Waals surface area contributed by atoms with E-state index in [1.54, 1.807) is 11.1 Å². The van der Waals surface area contributed by atoms with E-state index in [1.807, 2.05) is 6.08 Å². The number of allylic oxidation sites excluding steroid dienone is 5. The summed E-state index contributed by atoms with van der Waals surface area (Å²) in [5.41, 5.74) is 5.27. The Morgan fingerprint density at radius 2 is 1.87 bits per heavy atom. The van der Waals surface area contributed by atoms with E-state index >= 15 is 0 Å². The molecule has 3 aliphatic carbocycles. The van der Waals surface area contributed by atoms with E-state index in [1.165, 1.54) is 44.6 Å². The number of carbonyl (C=O) groups is 1. The van der Waals surface area contributed by atoms with Crippen molar-refractivity contribution < 1.29 is 14.6 Å². The maximum absolute atomic E-state index is 11.0. The third-order valence-corrected chi connectivity index (χ3v) is 7.95. The van der Waals surface area contributed by atoms with Gasteiger partial charge in [0.15, 0.2) is 0 Å². The van der Waals surface area contributed by atoms with E-state index in [0.29, 0.717) is 5.41 Å². The molecule has 3 atom stereocenters. The molecule has 0 radical (unpaired) electrons. The maximum Gasteiger partial charge on any atom is 0.302 e. The maximum atomic E-state index is 11.0. The van der Waals surface area contributed by atoms with Crippen LogP contribution in [0.5, 0.6) is 0 Å². The Kier molecular flexibility index (Phi) is 11.3. The van der Waals surface area contributed by atoms with Gasteiger partial charge in [-0.15, -0.1) is 0 Å². The molecule has 0 saturated heterocycles. The van der Waals surface area contributed by atoms with Crippen LogP contribution in [0.25, 0.3) is 0 Å². The smallest absolute Gasteiger partial charge is 0.302 e. The molecule has 0 heterocycles. The zero-order valence-electron chi connectivity index (χ0n) is 21.5. The standard InChI is InChI=1S/C12H20O2.C10H16.C6H12O/c1-8(13)14-10-7-9-5-6-12(10,4)11(9,2)3;1-8(2)10-6-4-9(3)5-7-10;1-2-3-4-5-6-7/h9-10H,5-7H2,1-4H3;4H,5-7H2,1-3H3;3-4,7H,2,5-6H2,1H3/b;;4-3-. The van der Waals surface area contributed by atoms with Crippen LogP contribution in [0.15, 0.2) is 34.9 Å². The zero-order chi connectivity index (χ0) is 23.7. The van der Waals surface area contributed by atoms with Crippen molar-refractivity contribution in [2.75, 3.05) is 6.61 Å². The first-order valence-electron chi connectivity index (χ1n) is 12.2. The first-order valence-corrected chi connectivity index (χ1v) is 12.2. The Labute approximate surface area is 192 Å². The Morgan fingerprint density at radius 1 is 1.19 bits per heavy atom. The number of esters is 1. The lowest BCUT2D eigenvalue weighted by atomic mass is 9.70. The Balaban J connectivity index is 0.000000249. The third kappa shape index (κ3) is 7.63. The van der Waals surface area contributed by atoms with Gasteiger partial charge in [-0.1, -0.05) is 62.6 Å². The van der Waals surface area contributed by atoms with Gasteiger partial charge < -0.3 is 9.84 Å². The van der Waals surface area contributed by atoms with Gasteiger partial charge in [0, 0.05) is 18.9 Å². The van der Waals surface area contributed by atoms with E-state index in [0.717, 1.165) is 25.2 Å². The topological polar surface area (TPSA) is 46.5 Å². The summed E-state index contributed by atoms with van der Waals surface area (Å²) in [5, 5.41) is 8.24. The quantitative estimate of drug-likeness (QED) is 0.368. The van der Waals surface area contributed by atoms with Crippen LogP contribution in [-0.4, -0.2) is 23.8 Å². The normalized spacial score (nSPS) is 28.3. The van der Waals surface area contributed by atoms with Crippen LogP contribution < -0.4 is 0 Å². The highest BCUT2D eigenvalue weighted by molar-refractivity contribution is 5.66. The molecule has 3 rings (SSSR count). The molecule has 0 spiro atoms. The van der Waals surface area contributed by atoms with E-state index in [4.69, 9.17) is 9.84 Å². The molecule has 178 valence electrons. The summed E-state index contributed by atoms with van der Waals surface area (Å²) >= 11 is 0. The number of rotatable bonds is 4. The van der Waals surface area contributed by atoms with Crippen LogP contribution >= 0.6 is 0 Å². The molecular formula is C28H48O3. The van der Waals surface area contributed by atoms with Crippen molar-refractivity contribution in [1.29, 1.82) is 0 Å². The van der Waals surface area contributed by atoms with Gasteiger partial charge in [0.2, 0.25) is 0 Å². The fraction of sp³-hybridized carbons (Fsp3) is 0.750. The average Bonchev–Trinajstić information content (AvgIpc) is 3.03. The fourth-order valence-corrected chi connectivity index (χ4v) is 5.17. The van der Waals surface area contributed by atoms with Crippen LogP contribution in [-0.2, 0) is 9.53 Å². The first-order chi connectivity index (χ1) is 14.5. The van der Waals surface area contributed by atoms with Gasteiger partial charge in [-0.2, -0.15) is 0 Å². The van der Waals surface area contributed by atoms with Crippen molar-refractivity contribution in [3.63, 3.8) is 0 Å². The van der Waals surface area contributed by atoms with Crippen LogP contribution in [0.1, 0.15) is 107 Å². The average molecular weight is 433 g/mol. The molecule has 3 unspecified atom stereocenters. The largest absolute Gasteiger partial charge is 0.462 e. The molecule has 3 aliphatic rings. The number of aliphatic hydroxyl groups excluding tert-OH is 1. The summed E-state index contributed by atoms with van der Waals surface area (Å²) in [6.45, 7) is 17.5. The highest BCUT2D eigenvalue weighted by Crippen LogP contribution is 2.66. The van der Waals surface area contributed by atoms with Gasteiger partial charge in [-0.25, -0.2) is 0 Å². The van der Waals surface area contributed by atoms with Crippen LogP contribution in [0.2, 0.25) is 0 Å². The Hall–Kier alpha value is -1.35. The Morgan fingerprint density at radius 3 is 2.26 bits per heavy atom. The number of carbonyl (C=O) groups excluding carboxylic acids is 1. The molecule has 0 aromatic rings. The van der Waals surface area contributed by atoms with E-state index in [2.05, 4.69) is 60.6 Å². The van der Waals surface area contributed by atoms with Gasteiger partial charge in [0.1, 0.15) is 6.10 Å². The SMILES string of the molecule is CC(=O)OC1CC2CCC1(C)C2(C)C.CC/C=C\CCO.CC1=CCC(=C(C)C)CC1. The van der Waals surface area contributed by atoms with Crippen molar-refractivity contribution in [2.45, 2.75) is 113 Å². The molecule has 0 aromatic heterocycles. The lowest BCUT2D eigenvalue weighted by Gasteiger charge is -2.38. The monoisotopic (exact) mass is 432 g/mol. The van der Waals surface area contributed by atoms with Gasteiger partial charge >= 0.3 is 5.97 Å². The predicted molar refractivity (Wildman–Crippen MR) is 132 cm³/mol. The minimum atomic E-state index is -0.125. The molecule has 1 N–H and O–H groups in total. The number of hydrogen-bond acceptors (Lipinski definition) is 3. The molecule has 0 aromatic carbocycles. The number of fused-ring (bicyclic) bond motifs is 2. The van der Waals surface area contributed by atoms with Crippen molar-refractivity contribution in [3.05, 3.63) is 34.9 Å². The lowest BCUT2D eigenvalue weighted by molar-refractivity contribution is -0.154. The van der Waals surface area contributed by atoms with Crippen LogP contribution in [0, 0.1) is 16.7 Å². The van der Waals surface area contributed by atoms with E-state index in [-0.39, 0.29) is 24.1 Å². The summed E-state index contributed by atoms with van der Waals surface area (Å²) < 4.78 is 5.44. The van der Waals surface area contributed by atoms with Crippen molar-refractivity contribution in [2.24, 2.45) is 16.7 Å². The fourth-order valence-electron chi connectivity index (χ4n) is 5.17.